The number of benzene rings is 1. The lowest BCUT2D eigenvalue weighted by Gasteiger charge is -2.08. The summed E-state index contributed by atoms with van der Waals surface area (Å²) in [6.45, 7) is 5.74. The standard InChI is InChI=1S/C13H13BrN2OS/c1-7-5-4-6-10(11(7)14)16-13(17)12-8(2)15-9(3)18-12/h4-6H,1-3H3,(H,16,17). The summed E-state index contributed by atoms with van der Waals surface area (Å²) in [6.07, 6.45) is 0. The fourth-order valence-corrected chi connectivity index (χ4v) is 2.84. The lowest BCUT2D eigenvalue weighted by atomic mass is 10.2. The van der Waals surface area contributed by atoms with Crippen molar-refractivity contribution >= 4 is 38.9 Å². The van der Waals surface area contributed by atoms with Crippen LogP contribution in [0.15, 0.2) is 22.7 Å². The quantitative estimate of drug-likeness (QED) is 0.904. The zero-order chi connectivity index (χ0) is 13.3. The summed E-state index contributed by atoms with van der Waals surface area (Å²) in [7, 11) is 0. The van der Waals surface area contributed by atoms with Crippen molar-refractivity contribution < 1.29 is 4.79 Å². The average molecular weight is 325 g/mol. The Morgan fingerprint density at radius 3 is 2.67 bits per heavy atom. The molecule has 0 saturated heterocycles. The van der Waals surface area contributed by atoms with Gasteiger partial charge in [-0.05, 0) is 48.3 Å². The molecule has 1 heterocycles. The number of hydrogen-bond acceptors (Lipinski definition) is 3. The second-order valence-corrected chi connectivity index (χ2v) is 6.03. The molecule has 2 rings (SSSR count). The maximum Gasteiger partial charge on any atom is 0.267 e. The second-order valence-electron chi connectivity index (χ2n) is 4.04. The number of carbonyl (C=O) groups is 1. The molecule has 0 fully saturated rings. The van der Waals surface area contributed by atoms with Crippen molar-refractivity contribution in [3.63, 3.8) is 0 Å². The summed E-state index contributed by atoms with van der Waals surface area (Å²) in [6, 6.07) is 5.78. The minimum Gasteiger partial charge on any atom is -0.320 e. The van der Waals surface area contributed by atoms with Gasteiger partial charge in [0.1, 0.15) is 4.88 Å². The van der Waals surface area contributed by atoms with Gasteiger partial charge in [-0.15, -0.1) is 11.3 Å². The molecule has 5 heteroatoms. The molecule has 1 N–H and O–H groups in total. The maximum atomic E-state index is 12.2. The van der Waals surface area contributed by atoms with Crippen LogP contribution in [0, 0.1) is 20.8 Å². The Hall–Kier alpha value is -1.20. The van der Waals surface area contributed by atoms with E-state index in [2.05, 4.69) is 26.2 Å². The highest BCUT2D eigenvalue weighted by Gasteiger charge is 2.15. The SMILES string of the molecule is Cc1nc(C)c(C(=O)Nc2cccc(C)c2Br)s1. The number of amides is 1. The first-order valence-corrected chi connectivity index (χ1v) is 7.10. The number of halogens is 1. The van der Waals surface area contributed by atoms with Crippen LogP contribution in [0.1, 0.15) is 25.9 Å². The van der Waals surface area contributed by atoms with E-state index in [1.807, 2.05) is 39.0 Å². The monoisotopic (exact) mass is 324 g/mol. The molecule has 0 unspecified atom stereocenters. The number of thiazole rings is 1. The molecule has 0 aliphatic heterocycles. The first kappa shape index (κ1) is 13.2. The molecule has 0 spiro atoms. The molecular weight excluding hydrogens is 312 g/mol. The smallest absolute Gasteiger partial charge is 0.267 e. The highest BCUT2D eigenvalue weighted by atomic mass is 79.9. The van der Waals surface area contributed by atoms with E-state index >= 15 is 0 Å². The molecule has 1 aromatic carbocycles. The van der Waals surface area contributed by atoms with Crippen molar-refractivity contribution in [3.05, 3.63) is 43.8 Å². The molecule has 1 aromatic heterocycles. The number of rotatable bonds is 2. The third-order valence-electron chi connectivity index (χ3n) is 2.55. The van der Waals surface area contributed by atoms with Crippen LogP contribution in [-0.4, -0.2) is 10.9 Å². The molecule has 18 heavy (non-hydrogen) atoms. The Labute approximate surface area is 118 Å². The number of carbonyl (C=O) groups excluding carboxylic acids is 1. The highest BCUT2D eigenvalue weighted by Crippen LogP contribution is 2.27. The van der Waals surface area contributed by atoms with Crippen LogP contribution in [0.3, 0.4) is 0 Å². The van der Waals surface area contributed by atoms with Gasteiger partial charge in [-0.2, -0.15) is 0 Å². The van der Waals surface area contributed by atoms with Crippen LogP contribution in [0.2, 0.25) is 0 Å². The van der Waals surface area contributed by atoms with Gasteiger partial charge in [0.15, 0.2) is 0 Å². The molecule has 2 aromatic rings. The van der Waals surface area contributed by atoms with Gasteiger partial charge in [0.25, 0.3) is 5.91 Å². The van der Waals surface area contributed by atoms with Crippen molar-refractivity contribution in [1.82, 2.24) is 4.98 Å². The van der Waals surface area contributed by atoms with E-state index in [9.17, 15) is 4.79 Å². The number of aromatic nitrogens is 1. The van der Waals surface area contributed by atoms with Gasteiger partial charge in [0.2, 0.25) is 0 Å². The number of anilines is 1. The van der Waals surface area contributed by atoms with Crippen LogP contribution in [0.4, 0.5) is 5.69 Å². The van der Waals surface area contributed by atoms with E-state index in [1.165, 1.54) is 11.3 Å². The fourth-order valence-electron chi connectivity index (χ4n) is 1.67. The molecule has 94 valence electrons. The fraction of sp³-hybridized carbons (Fsp3) is 0.231. The van der Waals surface area contributed by atoms with Crippen LogP contribution < -0.4 is 5.32 Å². The van der Waals surface area contributed by atoms with E-state index < -0.39 is 0 Å². The van der Waals surface area contributed by atoms with Crippen LogP contribution in [-0.2, 0) is 0 Å². The van der Waals surface area contributed by atoms with Gasteiger partial charge in [-0.3, -0.25) is 4.79 Å². The van der Waals surface area contributed by atoms with Crippen molar-refractivity contribution in [3.8, 4) is 0 Å². The molecule has 1 amide bonds. The Morgan fingerprint density at radius 2 is 2.06 bits per heavy atom. The lowest BCUT2D eigenvalue weighted by Crippen LogP contribution is -2.12. The highest BCUT2D eigenvalue weighted by molar-refractivity contribution is 9.10. The van der Waals surface area contributed by atoms with Gasteiger partial charge in [-0.25, -0.2) is 4.98 Å². The Balaban J connectivity index is 2.27. The summed E-state index contributed by atoms with van der Waals surface area (Å²) >= 11 is 4.89. The predicted molar refractivity (Wildman–Crippen MR) is 78.4 cm³/mol. The lowest BCUT2D eigenvalue weighted by molar-refractivity contribution is 0.103. The number of nitrogens with one attached hydrogen (secondary N) is 1. The molecule has 0 aliphatic carbocycles. The Morgan fingerprint density at radius 1 is 1.33 bits per heavy atom. The number of aryl methyl sites for hydroxylation is 3. The van der Waals surface area contributed by atoms with Gasteiger partial charge in [0, 0.05) is 4.47 Å². The van der Waals surface area contributed by atoms with Crippen LogP contribution in [0.25, 0.3) is 0 Å². The largest absolute Gasteiger partial charge is 0.320 e. The molecular formula is C13H13BrN2OS. The van der Waals surface area contributed by atoms with Crippen molar-refractivity contribution in [2.45, 2.75) is 20.8 Å². The van der Waals surface area contributed by atoms with Crippen molar-refractivity contribution in [2.75, 3.05) is 5.32 Å². The van der Waals surface area contributed by atoms with Crippen molar-refractivity contribution in [2.24, 2.45) is 0 Å². The maximum absolute atomic E-state index is 12.2. The van der Waals surface area contributed by atoms with Gasteiger partial charge < -0.3 is 5.32 Å². The third-order valence-corrected chi connectivity index (χ3v) is 4.67. The first-order valence-electron chi connectivity index (χ1n) is 5.49. The van der Waals surface area contributed by atoms with E-state index in [-0.39, 0.29) is 5.91 Å². The Kier molecular flexibility index (Phi) is 3.82. The minimum atomic E-state index is -0.107. The minimum absolute atomic E-state index is 0.107. The first-order chi connectivity index (χ1) is 8.49. The summed E-state index contributed by atoms with van der Waals surface area (Å²) in [4.78, 5) is 17.1. The second kappa shape index (κ2) is 5.20. The van der Waals surface area contributed by atoms with Gasteiger partial charge >= 0.3 is 0 Å². The number of nitrogens with zero attached hydrogens (tertiary/aromatic N) is 1. The predicted octanol–water partition coefficient (Wildman–Crippen LogP) is 4.08. The van der Waals surface area contributed by atoms with E-state index in [0.29, 0.717) is 4.88 Å². The molecule has 0 aliphatic rings. The van der Waals surface area contributed by atoms with Gasteiger partial charge in [-0.1, -0.05) is 12.1 Å². The zero-order valence-electron chi connectivity index (χ0n) is 10.4. The zero-order valence-corrected chi connectivity index (χ0v) is 12.8. The third kappa shape index (κ3) is 2.62. The van der Waals surface area contributed by atoms with E-state index in [0.717, 1.165) is 26.4 Å². The van der Waals surface area contributed by atoms with E-state index in [4.69, 9.17) is 0 Å². The molecule has 0 atom stereocenters. The van der Waals surface area contributed by atoms with Crippen molar-refractivity contribution in [1.29, 1.82) is 0 Å². The molecule has 3 nitrogen and oxygen atoms in total. The molecule has 0 radical (unpaired) electrons. The Bertz CT molecular complexity index is 607. The van der Waals surface area contributed by atoms with Crippen LogP contribution >= 0.6 is 27.3 Å². The summed E-state index contributed by atoms with van der Waals surface area (Å²) < 4.78 is 0.914. The topological polar surface area (TPSA) is 42.0 Å². The molecule has 0 saturated carbocycles. The summed E-state index contributed by atoms with van der Waals surface area (Å²) in [5.74, 6) is -0.107. The van der Waals surface area contributed by atoms with Gasteiger partial charge in [0.05, 0.1) is 16.4 Å². The normalized spacial score (nSPS) is 10.4. The summed E-state index contributed by atoms with van der Waals surface area (Å²) in [5, 5.41) is 3.81. The van der Waals surface area contributed by atoms with E-state index in [1.54, 1.807) is 0 Å². The average Bonchev–Trinajstić information content (AvgIpc) is 2.64. The number of hydrogen-bond donors (Lipinski definition) is 1. The summed E-state index contributed by atoms with van der Waals surface area (Å²) in [5.41, 5.74) is 2.65. The molecule has 0 bridgehead atoms. The van der Waals surface area contributed by atoms with Crippen LogP contribution in [0.5, 0.6) is 0 Å².